The third kappa shape index (κ3) is 7.06. The SMILES string of the molecule is COc1ccc(NC(=O)CSc2nc(CC(=O)N3CCN(Cc4ccccc4)CC3)cs2)cc1. The molecule has 34 heavy (non-hydrogen) atoms. The summed E-state index contributed by atoms with van der Waals surface area (Å²) in [5.74, 6) is 1.01. The van der Waals surface area contributed by atoms with Gasteiger partial charge in [-0.3, -0.25) is 14.5 Å². The second kappa shape index (κ2) is 12.0. The Morgan fingerprint density at radius 2 is 1.79 bits per heavy atom. The Kier molecular flexibility index (Phi) is 8.56. The predicted molar refractivity (Wildman–Crippen MR) is 136 cm³/mol. The maximum Gasteiger partial charge on any atom is 0.234 e. The van der Waals surface area contributed by atoms with Crippen molar-refractivity contribution in [1.29, 1.82) is 0 Å². The number of nitrogens with one attached hydrogen (secondary N) is 1. The quantitative estimate of drug-likeness (QED) is 0.455. The van der Waals surface area contributed by atoms with Crippen LogP contribution in [0.5, 0.6) is 5.75 Å². The van der Waals surface area contributed by atoms with E-state index < -0.39 is 0 Å². The zero-order valence-electron chi connectivity index (χ0n) is 19.1. The van der Waals surface area contributed by atoms with E-state index in [1.807, 2.05) is 16.3 Å². The third-order valence-corrected chi connectivity index (χ3v) is 7.61. The van der Waals surface area contributed by atoms with E-state index in [1.165, 1.54) is 28.7 Å². The molecule has 1 N–H and O–H groups in total. The van der Waals surface area contributed by atoms with Crippen LogP contribution in [0.15, 0.2) is 64.3 Å². The summed E-state index contributed by atoms with van der Waals surface area (Å²) in [4.78, 5) is 33.8. The number of ether oxygens (including phenoxy) is 1. The van der Waals surface area contributed by atoms with Gasteiger partial charge >= 0.3 is 0 Å². The van der Waals surface area contributed by atoms with Crippen molar-refractivity contribution >= 4 is 40.6 Å². The molecule has 0 unspecified atom stereocenters. The molecule has 1 saturated heterocycles. The number of anilines is 1. The molecule has 0 atom stereocenters. The average molecular weight is 497 g/mol. The summed E-state index contributed by atoms with van der Waals surface area (Å²) in [6.45, 7) is 4.15. The Morgan fingerprint density at radius 1 is 1.06 bits per heavy atom. The zero-order valence-corrected chi connectivity index (χ0v) is 20.7. The molecule has 1 aliphatic rings. The van der Waals surface area contributed by atoms with Crippen LogP contribution in [-0.4, -0.2) is 65.6 Å². The topological polar surface area (TPSA) is 74.8 Å². The van der Waals surface area contributed by atoms with Crippen LogP contribution in [0.25, 0.3) is 0 Å². The Bertz CT molecular complexity index is 1080. The fourth-order valence-electron chi connectivity index (χ4n) is 3.70. The number of thiazole rings is 1. The van der Waals surface area contributed by atoms with E-state index in [0.29, 0.717) is 6.42 Å². The number of aromatic nitrogens is 1. The maximum atomic E-state index is 12.7. The molecule has 2 heterocycles. The Morgan fingerprint density at radius 3 is 2.50 bits per heavy atom. The molecule has 4 rings (SSSR count). The first-order chi connectivity index (χ1) is 16.6. The number of hydrogen-bond acceptors (Lipinski definition) is 7. The largest absolute Gasteiger partial charge is 0.497 e. The van der Waals surface area contributed by atoms with Crippen LogP contribution < -0.4 is 10.1 Å². The minimum absolute atomic E-state index is 0.101. The predicted octanol–water partition coefficient (Wildman–Crippen LogP) is 3.77. The van der Waals surface area contributed by atoms with Crippen molar-refractivity contribution in [2.45, 2.75) is 17.3 Å². The van der Waals surface area contributed by atoms with Crippen LogP contribution in [0.1, 0.15) is 11.3 Å². The Hall–Kier alpha value is -2.88. The van der Waals surface area contributed by atoms with Gasteiger partial charge in [-0.1, -0.05) is 42.1 Å². The Labute approximate surface area is 208 Å². The molecular formula is C25H28N4O3S2. The molecule has 3 aromatic rings. The van der Waals surface area contributed by atoms with Crippen molar-refractivity contribution < 1.29 is 14.3 Å². The normalized spacial score (nSPS) is 14.1. The van der Waals surface area contributed by atoms with Gasteiger partial charge in [0.15, 0.2) is 4.34 Å². The van der Waals surface area contributed by atoms with Crippen molar-refractivity contribution in [3.05, 3.63) is 71.2 Å². The van der Waals surface area contributed by atoms with E-state index in [1.54, 1.807) is 31.4 Å². The summed E-state index contributed by atoms with van der Waals surface area (Å²) < 4.78 is 5.91. The smallest absolute Gasteiger partial charge is 0.234 e. The average Bonchev–Trinajstić information content (AvgIpc) is 3.31. The lowest BCUT2D eigenvalue weighted by molar-refractivity contribution is -0.132. The van der Waals surface area contributed by atoms with Gasteiger partial charge in [-0.05, 0) is 29.8 Å². The van der Waals surface area contributed by atoms with E-state index in [0.717, 1.165) is 54.2 Å². The van der Waals surface area contributed by atoms with E-state index in [9.17, 15) is 9.59 Å². The number of nitrogens with zero attached hydrogens (tertiary/aromatic N) is 3. The number of rotatable bonds is 9. The van der Waals surface area contributed by atoms with Crippen LogP contribution in [-0.2, 0) is 22.6 Å². The summed E-state index contributed by atoms with van der Waals surface area (Å²) in [5, 5.41) is 4.77. The number of piperazine rings is 1. The summed E-state index contributed by atoms with van der Waals surface area (Å²) in [7, 11) is 1.60. The highest BCUT2D eigenvalue weighted by Crippen LogP contribution is 2.24. The number of methoxy groups -OCH3 is 1. The second-order valence-corrected chi connectivity index (χ2v) is 10.1. The van der Waals surface area contributed by atoms with Gasteiger partial charge in [-0.15, -0.1) is 11.3 Å². The standard InChI is InChI=1S/C25H28N4O3S2/c1-32-22-9-7-20(8-10-22)26-23(30)18-34-25-27-21(17-33-25)15-24(31)29-13-11-28(12-14-29)16-19-5-3-2-4-6-19/h2-10,17H,11-16,18H2,1H3,(H,26,30). The molecule has 1 fully saturated rings. The van der Waals surface area contributed by atoms with Gasteiger partial charge in [0, 0.05) is 43.8 Å². The fourth-order valence-corrected chi connectivity index (χ4v) is 5.34. The zero-order chi connectivity index (χ0) is 23.8. The summed E-state index contributed by atoms with van der Waals surface area (Å²) >= 11 is 2.85. The van der Waals surface area contributed by atoms with Gasteiger partial charge in [0.1, 0.15) is 5.75 Å². The lowest BCUT2D eigenvalue weighted by Crippen LogP contribution is -2.48. The van der Waals surface area contributed by atoms with Gasteiger partial charge in [-0.2, -0.15) is 0 Å². The van der Waals surface area contributed by atoms with E-state index in [-0.39, 0.29) is 17.6 Å². The number of thioether (sulfide) groups is 1. The molecule has 2 aromatic carbocycles. The first-order valence-corrected chi connectivity index (χ1v) is 13.0. The lowest BCUT2D eigenvalue weighted by atomic mass is 10.2. The molecule has 9 heteroatoms. The molecule has 2 amide bonds. The highest BCUT2D eigenvalue weighted by Gasteiger charge is 2.22. The molecule has 7 nitrogen and oxygen atoms in total. The van der Waals surface area contributed by atoms with Crippen molar-refractivity contribution in [3.63, 3.8) is 0 Å². The van der Waals surface area contributed by atoms with Crippen molar-refractivity contribution in [2.75, 3.05) is 44.4 Å². The van der Waals surface area contributed by atoms with Gasteiger partial charge in [-0.25, -0.2) is 4.98 Å². The van der Waals surface area contributed by atoms with Gasteiger partial charge < -0.3 is 15.0 Å². The minimum Gasteiger partial charge on any atom is -0.497 e. The molecule has 0 aliphatic carbocycles. The number of carbonyl (C=O) groups excluding carboxylic acids is 2. The maximum absolute atomic E-state index is 12.7. The van der Waals surface area contributed by atoms with Crippen LogP contribution >= 0.6 is 23.1 Å². The van der Waals surface area contributed by atoms with Crippen molar-refractivity contribution in [1.82, 2.24) is 14.8 Å². The highest BCUT2D eigenvalue weighted by atomic mass is 32.2. The molecule has 1 aliphatic heterocycles. The number of carbonyl (C=O) groups is 2. The summed E-state index contributed by atoms with van der Waals surface area (Å²) in [6.07, 6.45) is 0.299. The first kappa shape index (κ1) is 24.3. The van der Waals surface area contributed by atoms with Crippen molar-refractivity contribution in [2.24, 2.45) is 0 Å². The first-order valence-electron chi connectivity index (χ1n) is 11.1. The number of benzene rings is 2. The van der Waals surface area contributed by atoms with E-state index in [4.69, 9.17) is 4.74 Å². The van der Waals surface area contributed by atoms with Crippen LogP contribution in [0.2, 0.25) is 0 Å². The monoisotopic (exact) mass is 496 g/mol. The molecule has 178 valence electrons. The van der Waals surface area contributed by atoms with Crippen molar-refractivity contribution in [3.8, 4) is 5.75 Å². The lowest BCUT2D eigenvalue weighted by Gasteiger charge is -2.34. The van der Waals surface area contributed by atoms with E-state index >= 15 is 0 Å². The molecule has 0 radical (unpaired) electrons. The molecule has 0 bridgehead atoms. The second-order valence-electron chi connectivity index (χ2n) is 7.99. The number of amides is 2. The van der Waals surface area contributed by atoms with Gasteiger partial charge in [0.25, 0.3) is 0 Å². The highest BCUT2D eigenvalue weighted by molar-refractivity contribution is 8.01. The van der Waals surface area contributed by atoms with Gasteiger partial charge in [0.05, 0.1) is 25.0 Å². The summed E-state index contributed by atoms with van der Waals surface area (Å²) in [5.41, 5.74) is 2.79. The van der Waals surface area contributed by atoms with Crippen LogP contribution in [0.3, 0.4) is 0 Å². The Balaban J connectivity index is 1.18. The van der Waals surface area contributed by atoms with Crippen LogP contribution in [0.4, 0.5) is 5.69 Å². The molecule has 0 spiro atoms. The van der Waals surface area contributed by atoms with Gasteiger partial charge in [0.2, 0.25) is 11.8 Å². The minimum atomic E-state index is -0.101. The number of hydrogen-bond donors (Lipinski definition) is 1. The molecule has 0 saturated carbocycles. The van der Waals surface area contributed by atoms with E-state index in [2.05, 4.69) is 39.5 Å². The molecular weight excluding hydrogens is 468 g/mol. The third-order valence-electron chi connectivity index (χ3n) is 5.54. The van der Waals surface area contributed by atoms with Crippen LogP contribution in [0, 0.1) is 0 Å². The summed E-state index contributed by atoms with van der Waals surface area (Å²) in [6, 6.07) is 17.6. The molecule has 1 aromatic heterocycles. The fraction of sp³-hybridized carbons (Fsp3) is 0.320.